The first kappa shape index (κ1) is 21.3. The third kappa shape index (κ3) is 4.26. The summed E-state index contributed by atoms with van der Waals surface area (Å²) in [5.41, 5.74) is 0.860. The van der Waals surface area contributed by atoms with Gasteiger partial charge in [0.1, 0.15) is 28.2 Å². The van der Waals surface area contributed by atoms with Crippen LogP contribution in [0.5, 0.6) is 11.5 Å². The second kappa shape index (κ2) is 9.37. The maximum atomic E-state index is 12.9. The van der Waals surface area contributed by atoms with Crippen molar-refractivity contribution in [2.75, 3.05) is 23.9 Å². The van der Waals surface area contributed by atoms with Crippen LogP contribution in [0, 0.1) is 11.3 Å². The van der Waals surface area contributed by atoms with Crippen molar-refractivity contribution in [3.63, 3.8) is 0 Å². The van der Waals surface area contributed by atoms with Gasteiger partial charge in [-0.25, -0.2) is 0 Å². The van der Waals surface area contributed by atoms with Crippen molar-refractivity contribution in [3.05, 3.63) is 59.1 Å². The van der Waals surface area contributed by atoms with Crippen molar-refractivity contribution >= 4 is 35.0 Å². The van der Waals surface area contributed by atoms with Crippen LogP contribution in [0.15, 0.2) is 59.1 Å². The number of amides is 2. The normalized spacial score (nSPS) is 17.3. The van der Waals surface area contributed by atoms with Gasteiger partial charge < -0.3 is 14.8 Å². The fourth-order valence-corrected chi connectivity index (χ4v) is 4.05. The van der Waals surface area contributed by atoms with Crippen LogP contribution in [-0.4, -0.2) is 30.8 Å². The monoisotopic (exact) mass is 423 g/mol. The maximum absolute atomic E-state index is 12.9. The molecule has 2 aromatic rings. The van der Waals surface area contributed by atoms with Crippen LogP contribution in [0.25, 0.3) is 0 Å². The Bertz CT molecular complexity index is 1030. The lowest BCUT2D eigenvalue weighted by molar-refractivity contribution is -0.116. The number of nitriles is 1. The highest BCUT2D eigenvalue weighted by molar-refractivity contribution is 8.05. The molecule has 1 atom stereocenters. The zero-order valence-corrected chi connectivity index (χ0v) is 17.7. The molecule has 2 aromatic carbocycles. The minimum absolute atomic E-state index is 0.141. The molecular weight excluding hydrogens is 402 g/mol. The Morgan fingerprint density at radius 3 is 2.57 bits per heavy atom. The van der Waals surface area contributed by atoms with E-state index in [0.717, 1.165) is 0 Å². The lowest BCUT2D eigenvalue weighted by Gasteiger charge is -2.19. The summed E-state index contributed by atoms with van der Waals surface area (Å²) < 4.78 is 10.7. The maximum Gasteiger partial charge on any atom is 0.269 e. The highest BCUT2D eigenvalue weighted by atomic mass is 32.2. The Labute approximate surface area is 179 Å². The number of hydrogen-bond acceptors (Lipinski definition) is 6. The van der Waals surface area contributed by atoms with Gasteiger partial charge >= 0.3 is 0 Å². The molecule has 7 nitrogen and oxygen atoms in total. The number of ether oxygens (including phenoxy) is 2. The van der Waals surface area contributed by atoms with E-state index in [1.807, 2.05) is 13.0 Å². The van der Waals surface area contributed by atoms with E-state index in [1.165, 1.54) is 23.8 Å². The number of benzene rings is 2. The number of hydrogen-bond donors (Lipinski definition) is 1. The van der Waals surface area contributed by atoms with E-state index in [2.05, 4.69) is 5.32 Å². The molecule has 1 fully saturated rings. The molecule has 0 bridgehead atoms. The minimum atomic E-state index is -0.609. The van der Waals surface area contributed by atoms with Gasteiger partial charge in [-0.15, -0.1) is 0 Å². The molecule has 0 radical (unpaired) electrons. The van der Waals surface area contributed by atoms with Crippen LogP contribution in [-0.2, 0) is 9.59 Å². The van der Waals surface area contributed by atoms with Crippen molar-refractivity contribution in [2.45, 2.75) is 19.1 Å². The standard InChI is InChI=1S/C22H21N3O4S/c1-4-29-16-11-9-15(10-12-16)25-21(27)14(2)30-22(25)17(13-23)20(26)24-18-7-5-6-8-19(18)28-3/h5-12,14H,4H2,1-3H3,(H,24,26)/b22-17-. The summed E-state index contributed by atoms with van der Waals surface area (Å²) >= 11 is 1.18. The fourth-order valence-electron chi connectivity index (χ4n) is 2.95. The first-order valence-corrected chi connectivity index (χ1v) is 10.2. The first-order chi connectivity index (χ1) is 14.5. The third-order valence-electron chi connectivity index (χ3n) is 4.37. The molecule has 1 heterocycles. The van der Waals surface area contributed by atoms with Crippen LogP contribution in [0.2, 0.25) is 0 Å². The predicted octanol–water partition coefficient (Wildman–Crippen LogP) is 3.94. The van der Waals surface area contributed by atoms with Gasteiger partial charge in [-0.3, -0.25) is 14.5 Å². The largest absolute Gasteiger partial charge is 0.495 e. The smallest absolute Gasteiger partial charge is 0.269 e. The van der Waals surface area contributed by atoms with E-state index < -0.39 is 11.2 Å². The molecule has 8 heteroatoms. The van der Waals surface area contributed by atoms with Gasteiger partial charge in [0.25, 0.3) is 5.91 Å². The van der Waals surface area contributed by atoms with E-state index >= 15 is 0 Å². The predicted molar refractivity (Wildman–Crippen MR) is 116 cm³/mol. The lowest BCUT2D eigenvalue weighted by atomic mass is 10.2. The highest BCUT2D eigenvalue weighted by Crippen LogP contribution is 2.41. The SMILES string of the molecule is CCOc1ccc(N2C(=O)C(C)S/C2=C(/C#N)C(=O)Nc2ccccc2OC)cc1. The molecule has 30 heavy (non-hydrogen) atoms. The minimum Gasteiger partial charge on any atom is -0.495 e. The average Bonchev–Trinajstić information content (AvgIpc) is 3.04. The number of para-hydroxylation sites is 2. The van der Waals surface area contributed by atoms with Gasteiger partial charge in [-0.2, -0.15) is 5.26 Å². The molecule has 0 aromatic heterocycles. The van der Waals surface area contributed by atoms with Crippen molar-refractivity contribution in [1.29, 1.82) is 5.26 Å². The van der Waals surface area contributed by atoms with Crippen LogP contribution in [0.1, 0.15) is 13.8 Å². The summed E-state index contributed by atoms with van der Waals surface area (Å²) in [5.74, 6) is 0.341. The van der Waals surface area contributed by atoms with E-state index in [4.69, 9.17) is 9.47 Å². The summed E-state index contributed by atoms with van der Waals surface area (Å²) in [6, 6.07) is 15.8. The van der Waals surface area contributed by atoms with E-state index in [-0.39, 0.29) is 11.5 Å². The Morgan fingerprint density at radius 1 is 1.23 bits per heavy atom. The van der Waals surface area contributed by atoms with Crippen molar-refractivity contribution in [3.8, 4) is 17.6 Å². The number of anilines is 2. The fraction of sp³-hybridized carbons (Fsp3) is 0.227. The molecule has 0 saturated carbocycles. The topological polar surface area (TPSA) is 91.7 Å². The van der Waals surface area contributed by atoms with Gasteiger partial charge in [0.05, 0.1) is 24.7 Å². The van der Waals surface area contributed by atoms with Gasteiger partial charge in [0, 0.05) is 5.69 Å². The van der Waals surface area contributed by atoms with Gasteiger partial charge in [-0.05, 0) is 50.2 Å². The summed E-state index contributed by atoms with van der Waals surface area (Å²) in [7, 11) is 1.50. The zero-order chi connectivity index (χ0) is 21.7. The molecule has 1 saturated heterocycles. The second-order valence-corrected chi connectivity index (χ2v) is 7.64. The highest BCUT2D eigenvalue weighted by Gasteiger charge is 2.38. The van der Waals surface area contributed by atoms with Crippen LogP contribution < -0.4 is 19.7 Å². The Morgan fingerprint density at radius 2 is 1.93 bits per heavy atom. The quantitative estimate of drug-likeness (QED) is 0.559. The zero-order valence-electron chi connectivity index (χ0n) is 16.8. The van der Waals surface area contributed by atoms with E-state index in [1.54, 1.807) is 55.5 Å². The first-order valence-electron chi connectivity index (χ1n) is 9.32. The molecule has 0 aliphatic carbocycles. The molecule has 1 aliphatic rings. The molecule has 1 aliphatic heterocycles. The third-order valence-corrected chi connectivity index (χ3v) is 5.54. The van der Waals surface area contributed by atoms with Crippen LogP contribution in [0.3, 0.4) is 0 Å². The number of methoxy groups -OCH3 is 1. The number of carbonyl (C=O) groups is 2. The average molecular weight is 423 g/mol. The van der Waals surface area contributed by atoms with Crippen LogP contribution in [0.4, 0.5) is 11.4 Å². The number of thioether (sulfide) groups is 1. The molecular formula is C22H21N3O4S. The number of nitrogens with one attached hydrogen (secondary N) is 1. The summed E-state index contributed by atoms with van der Waals surface area (Å²) in [5, 5.41) is 12.3. The number of nitrogens with zero attached hydrogens (tertiary/aromatic N) is 2. The van der Waals surface area contributed by atoms with Crippen LogP contribution >= 0.6 is 11.8 Å². The molecule has 1 unspecified atom stereocenters. The summed E-state index contributed by atoms with van der Waals surface area (Å²) in [6.07, 6.45) is 0. The Hall–Kier alpha value is -3.44. The lowest BCUT2D eigenvalue weighted by Crippen LogP contribution is -2.29. The summed E-state index contributed by atoms with van der Waals surface area (Å²) in [6.45, 7) is 4.16. The molecule has 3 rings (SSSR count). The number of carbonyl (C=O) groups excluding carboxylic acids is 2. The van der Waals surface area contributed by atoms with Gasteiger partial charge in [-0.1, -0.05) is 23.9 Å². The van der Waals surface area contributed by atoms with Gasteiger partial charge in [0.15, 0.2) is 0 Å². The molecule has 0 spiro atoms. The number of rotatable bonds is 6. The Balaban J connectivity index is 1.98. The second-order valence-electron chi connectivity index (χ2n) is 6.31. The summed E-state index contributed by atoms with van der Waals surface area (Å²) in [4.78, 5) is 27.1. The van der Waals surface area contributed by atoms with E-state index in [9.17, 15) is 14.9 Å². The molecule has 154 valence electrons. The molecule has 1 N–H and O–H groups in total. The van der Waals surface area contributed by atoms with Crippen molar-refractivity contribution < 1.29 is 19.1 Å². The van der Waals surface area contributed by atoms with E-state index in [0.29, 0.717) is 34.5 Å². The van der Waals surface area contributed by atoms with Crippen molar-refractivity contribution in [2.24, 2.45) is 0 Å². The van der Waals surface area contributed by atoms with Gasteiger partial charge in [0.2, 0.25) is 5.91 Å². The Kier molecular flexibility index (Phi) is 6.65. The van der Waals surface area contributed by atoms with Crippen molar-refractivity contribution in [1.82, 2.24) is 0 Å². The molecule has 2 amide bonds.